The van der Waals surface area contributed by atoms with Gasteiger partial charge < -0.3 is 15.8 Å². The second-order valence-electron chi connectivity index (χ2n) is 6.34. The SMILES string of the molecule is Cc1ccc(NC(=O)Cc2nc(COC(=O)c3ccc(C(N)=O)cc3)cs2)cc1. The van der Waals surface area contributed by atoms with Crippen LogP contribution in [-0.2, 0) is 22.6 Å². The molecule has 3 aromatic rings. The minimum atomic E-state index is -0.564. The molecule has 1 heterocycles. The van der Waals surface area contributed by atoms with Gasteiger partial charge in [0, 0.05) is 16.6 Å². The molecule has 0 unspecified atom stereocenters. The number of benzene rings is 2. The lowest BCUT2D eigenvalue weighted by atomic mass is 10.1. The molecule has 148 valence electrons. The first-order valence-corrected chi connectivity index (χ1v) is 9.65. The molecule has 2 aromatic carbocycles. The van der Waals surface area contributed by atoms with Gasteiger partial charge in [-0.05, 0) is 43.3 Å². The highest BCUT2D eigenvalue weighted by Gasteiger charge is 2.12. The Hall–Kier alpha value is -3.52. The van der Waals surface area contributed by atoms with Gasteiger partial charge in [0.25, 0.3) is 0 Å². The van der Waals surface area contributed by atoms with E-state index in [0.29, 0.717) is 21.8 Å². The zero-order valence-electron chi connectivity index (χ0n) is 15.7. The van der Waals surface area contributed by atoms with E-state index in [1.54, 1.807) is 5.38 Å². The van der Waals surface area contributed by atoms with E-state index < -0.39 is 11.9 Å². The summed E-state index contributed by atoms with van der Waals surface area (Å²) in [6, 6.07) is 13.4. The highest BCUT2D eigenvalue weighted by atomic mass is 32.1. The van der Waals surface area contributed by atoms with E-state index in [2.05, 4.69) is 10.3 Å². The molecule has 0 radical (unpaired) electrons. The summed E-state index contributed by atoms with van der Waals surface area (Å²) in [5.74, 6) is -1.26. The van der Waals surface area contributed by atoms with Gasteiger partial charge in [0.1, 0.15) is 11.6 Å². The molecule has 0 saturated carbocycles. The molecule has 0 atom stereocenters. The third-order valence-corrected chi connectivity index (χ3v) is 4.90. The summed E-state index contributed by atoms with van der Waals surface area (Å²) in [4.78, 5) is 39.6. The van der Waals surface area contributed by atoms with Gasteiger partial charge in [-0.2, -0.15) is 0 Å². The number of anilines is 1. The summed E-state index contributed by atoms with van der Waals surface area (Å²) >= 11 is 1.33. The number of hydrogen-bond donors (Lipinski definition) is 2. The third kappa shape index (κ3) is 5.73. The van der Waals surface area contributed by atoms with E-state index in [1.165, 1.54) is 35.6 Å². The minimum absolute atomic E-state index is 0.00745. The molecular weight excluding hydrogens is 390 g/mol. The fraction of sp³-hybridized carbons (Fsp3) is 0.143. The monoisotopic (exact) mass is 409 g/mol. The van der Waals surface area contributed by atoms with Crippen molar-refractivity contribution in [3.05, 3.63) is 81.3 Å². The van der Waals surface area contributed by atoms with Crippen molar-refractivity contribution < 1.29 is 19.1 Å². The molecule has 0 fully saturated rings. The van der Waals surface area contributed by atoms with Crippen LogP contribution in [0.5, 0.6) is 0 Å². The quantitative estimate of drug-likeness (QED) is 0.583. The number of amides is 2. The first kappa shape index (κ1) is 20.2. The number of rotatable bonds is 7. The van der Waals surface area contributed by atoms with Crippen molar-refractivity contribution in [1.29, 1.82) is 0 Å². The number of thiazole rings is 1. The van der Waals surface area contributed by atoms with E-state index in [9.17, 15) is 14.4 Å². The zero-order chi connectivity index (χ0) is 20.8. The van der Waals surface area contributed by atoms with E-state index in [-0.39, 0.29) is 18.9 Å². The number of nitrogens with two attached hydrogens (primary N) is 1. The van der Waals surface area contributed by atoms with Gasteiger partial charge in [0.05, 0.1) is 17.7 Å². The topological polar surface area (TPSA) is 111 Å². The van der Waals surface area contributed by atoms with E-state index in [4.69, 9.17) is 10.5 Å². The Labute approximate surface area is 171 Å². The van der Waals surface area contributed by atoms with Crippen LogP contribution >= 0.6 is 11.3 Å². The summed E-state index contributed by atoms with van der Waals surface area (Å²) in [6.45, 7) is 1.97. The van der Waals surface area contributed by atoms with Gasteiger partial charge in [0.15, 0.2) is 0 Å². The Morgan fingerprint density at radius 1 is 1.03 bits per heavy atom. The van der Waals surface area contributed by atoms with Crippen LogP contribution in [0.25, 0.3) is 0 Å². The van der Waals surface area contributed by atoms with Crippen LogP contribution < -0.4 is 11.1 Å². The first-order valence-electron chi connectivity index (χ1n) is 8.77. The standard InChI is InChI=1S/C21H19N3O4S/c1-13-2-8-16(9-3-13)23-18(25)10-19-24-17(12-29-19)11-28-21(27)15-6-4-14(5-7-15)20(22)26/h2-9,12H,10-11H2,1H3,(H2,22,26)(H,23,25). The average molecular weight is 409 g/mol. The summed E-state index contributed by atoms with van der Waals surface area (Å²) < 4.78 is 5.23. The zero-order valence-corrected chi connectivity index (χ0v) is 16.5. The van der Waals surface area contributed by atoms with E-state index in [1.807, 2.05) is 31.2 Å². The number of carbonyl (C=O) groups excluding carboxylic acids is 3. The predicted octanol–water partition coefficient (Wildman–Crippen LogP) is 3.09. The van der Waals surface area contributed by atoms with Gasteiger partial charge in [0.2, 0.25) is 11.8 Å². The maximum Gasteiger partial charge on any atom is 0.338 e. The summed E-state index contributed by atoms with van der Waals surface area (Å²) in [6.07, 6.45) is 0.140. The molecule has 0 saturated heterocycles. The van der Waals surface area contributed by atoms with Gasteiger partial charge in [-0.3, -0.25) is 9.59 Å². The van der Waals surface area contributed by atoms with Crippen molar-refractivity contribution in [3.8, 4) is 0 Å². The molecule has 7 nitrogen and oxygen atoms in total. The van der Waals surface area contributed by atoms with Gasteiger partial charge >= 0.3 is 5.97 Å². The second-order valence-corrected chi connectivity index (χ2v) is 7.28. The molecule has 8 heteroatoms. The first-order chi connectivity index (χ1) is 13.9. The van der Waals surface area contributed by atoms with Crippen LogP contribution in [-0.4, -0.2) is 22.8 Å². The highest BCUT2D eigenvalue weighted by molar-refractivity contribution is 7.09. The smallest absolute Gasteiger partial charge is 0.338 e. The predicted molar refractivity (Wildman–Crippen MR) is 110 cm³/mol. The van der Waals surface area contributed by atoms with Crippen molar-refractivity contribution >= 4 is 34.8 Å². The van der Waals surface area contributed by atoms with Crippen LogP contribution in [0.2, 0.25) is 0 Å². The van der Waals surface area contributed by atoms with Crippen LogP contribution in [0.3, 0.4) is 0 Å². The van der Waals surface area contributed by atoms with Crippen molar-refractivity contribution in [3.63, 3.8) is 0 Å². The Bertz CT molecular complexity index is 1030. The lowest BCUT2D eigenvalue weighted by Gasteiger charge is -2.04. The van der Waals surface area contributed by atoms with Crippen LogP contribution in [0, 0.1) is 6.92 Å². The number of nitrogens with zero attached hydrogens (tertiary/aromatic N) is 1. The molecule has 29 heavy (non-hydrogen) atoms. The fourth-order valence-corrected chi connectivity index (χ4v) is 3.25. The minimum Gasteiger partial charge on any atom is -0.456 e. The van der Waals surface area contributed by atoms with Crippen molar-refractivity contribution in [2.45, 2.75) is 20.0 Å². The van der Waals surface area contributed by atoms with Crippen LogP contribution in [0.4, 0.5) is 5.69 Å². The number of esters is 1. The number of hydrogen-bond acceptors (Lipinski definition) is 6. The number of aromatic nitrogens is 1. The van der Waals surface area contributed by atoms with Crippen molar-refractivity contribution in [2.24, 2.45) is 5.73 Å². The lowest BCUT2D eigenvalue weighted by Crippen LogP contribution is -2.14. The molecule has 0 aliphatic heterocycles. The van der Waals surface area contributed by atoms with Crippen LogP contribution in [0.1, 0.15) is 37.0 Å². The molecular formula is C21H19N3O4S. The van der Waals surface area contributed by atoms with Crippen LogP contribution in [0.15, 0.2) is 53.9 Å². The molecule has 0 spiro atoms. The maximum absolute atomic E-state index is 12.1. The molecule has 3 N–H and O–H groups in total. The molecule has 3 rings (SSSR count). The summed E-state index contributed by atoms with van der Waals surface area (Å²) in [7, 11) is 0. The molecule has 2 amide bonds. The fourth-order valence-electron chi connectivity index (χ4n) is 2.47. The van der Waals surface area contributed by atoms with Gasteiger partial charge in [-0.25, -0.2) is 9.78 Å². The Balaban J connectivity index is 1.50. The van der Waals surface area contributed by atoms with E-state index >= 15 is 0 Å². The number of ether oxygens (including phenoxy) is 1. The number of aryl methyl sites for hydroxylation is 1. The lowest BCUT2D eigenvalue weighted by molar-refractivity contribution is -0.115. The van der Waals surface area contributed by atoms with Crippen molar-refractivity contribution in [2.75, 3.05) is 5.32 Å². The largest absolute Gasteiger partial charge is 0.456 e. The molecule has 0 aliphatic carbocycles. The average Bonchev–Trinajstić information content (AvgIpc) is 3.15. The Kier molecular flexibility index (Phi) is 6.36. The highest BCUT2D eigenvalue weighted by Crippen LogP contribution is 2.15. The Morgan fingerprint density at radius 3 is 2.34 bits per heavy atom. The summed E-state index contributed by atoms with van der Waals surface area (Å²) in [5.41, 5.74) is 8.20. The maximum atomic E-state index is 12.1. The number of nitrogens with one attached hydrogen (secondary N) is 1. The van der Waals surface area contributed by atoms with Gasteiger partial charge in [-0.15, -0.1) is 11.3 Å². The normalized spacial score (nSPS) is 10.4. The Morgan fingerprint density at radius 2 is 1.69 bits per heavy atom. The number of carbonyl (C=O) groups is 3. The molecule has 1 aromatic heterocycles. The van der Waals surface area contributed by atoms with E-state index in [0.717, 1.165) is 11.3 Å². The number of primary amides is 1. The second kappa shape index (κ2) is 9.11. The van der Waals surface area contributed by atoms with Gasteiger partial charge in [-0.1, -0.05) is 17.7 Å². The third-order valence-electron chi connectivity index (χ3n) is 4.00. The molecule has 0 bridgehead atoms. The summed E-state index contributed by atoms with van der Waals surface area (Å²) in [5, 5.41) is 5.20. The van der Waals surface area contributed by atoms with Crippen molar-refractivity contribution in [1.82, 2.24) is 4.98 Å². The molecule has 0 aliphatic rings.